The van der Waals surface area contributed by atoms with Crippen LogP contribution >= 0.6 is 11.6 Å². The fraction of sp³-hybridized carbons (Fsp3) is 0.111. The molecule has 0 radical (unpaired) electrons. The normalized spacial score (nSPS) is 10.5. The van der Waals surface area contributed by atoms with E-state index in [-0.39, 0.29) is 0 Å². The molecule has 0 fully saturated rings. The van der Waals surface area contributed by atoms with Gasteiger partial charge in [0.05, 0.1) is 25.5 Å². The molecule has 1 N–H and O–H groups in total. The van der Waals surface area contributed by atoms with E-state index < -0.39 is 5.97 Å². The van der Waals surface area contributed by atoms with E-state index in [0.717, 1.165) is 10.8 Å². The second-order valence-electron chi connectivity index (χ2n) is 5.03. The molecule has 122 valence electrons. The quantitative estimate of drug-likeness (QED) is 0.711. The van der Waals surface area contributed by atoms with Gasteiger partial charge in [0.25, 0.3) is 0 Å². The van der Waals surface area contributed by atoms with Crippen molar-refractivity contribution in [1.82, 2.24) is 4.98 Å². The van der Waals surface area contributed by atoms with Crippen LogP contribution in [0.3, 0.4) is 0 Å². The lowest BCUT2D eigenvalue weighted by molar-refractivity contribution is 0.0602. The minimum Gasteiger partial charge on any atom is -0.495 e. The summed E-state index contributed by atoms with van der Waals surface area (Å²) >= 11 is 6.07. The molecule has 0 atom stereocenters. The number of fused-ring (bicyclic) bond motifs is 1. The number of hydrogen-bond donors (Lipinski definition) is 1. The first-order valence-electron chi connectivity index (χ1n) is 7.20. The van der Waals surface area contributed by atoms with E-state index in [2.05, 4.69) is 10.3 Å². The van der Waals surface area contributed by atoms with E-state index in [1.807, 2.05) is 24.3 Å². The predicted molar refractivity (Wildman–Crippen MR) is 94.4 cm³/mol. The number of nitrogens with one attached hydrogen (secondary N) is 1. The second-order valence-corrected chi connectivity index (χ2v) is 5.46. The molecule has 0 saturated carbocycles. The van der Waals surface area contributed by atoms with Crippen LogP contribution in [0.25, 0.3) is 10.8 Å². The molecule has 0 amide bonds. The third-order valence-electron chi connectivity index (χ3n) is 3.62. The van der Waals surface area contributed by atoms with Gasteiger partial charge < -0.3 is 14.8 Å². The van der Waals surface area contributed by atoms with Gasteiger partial charge in [-0.05, 0) is 18.2 Å². The Morgan fingerprint density at radius 1 is 1.12 bits per heavy atom. The molecular formula is C18H15ClN2O3. The highest BCUT2D eigenvalue weighted by molar-refractivity contribution is 6.31. The maximum absolute atomic E-state index is 11.9. The summed E-state index contributed by atoms with van der Waals surface area (Å²) in [6.45, 7) is 0. The zero-order valence-electron chi connectivity index (χ0n) is 13.2. The molecule has 1 aromatic heterocycles. The molecule has 5 nitrogen and oxygen atoms in total. The number of hydrogen-bond acceptors (Lipinski definition) is 5. The Morgan fingerprint density at radius 2 is 1.88 bits per heavy atom. The van der Waals surface area contributed by atoms with Gasteiger partial charge in [-0.2, -0.15) is 0 Å². The summed E-state index contributed by atoms with van der Waals surface area (Å²) in [4.78, 5) is 16.3. The van der Waals surface area contributed by atoms with E-state index in [1.54, 1.807) is 25.3 Å². The van der Waals surface area contributed by atoms with Gasteiger partial charge in [-0.15, -0.1) is 0 Å². The molecule has 0 spiro atoms. The Bertz CT molecular complexity index is 912. The summed E-state index contributed by atoms with van der Waals surface area (Å²) in [6.07, 6.45) is 1.49. The second kappa shape index (κ2) is 6.76. The predicted octanol–water partition coefficient (Wildman–Crippen LogP) is 4.43. The maximum atomic E-state index is 11.9. The summed E-state index contributed by atoms with van der Waals surface area (Å²) in [7, 11) is 2.93. The van der Waals surface area contributed by atoms with Crippen LogP contribution in [0.15, 0.2) is 48.7 Å². The van der Waals surface area contributed by atoms with E-state index >= 15 is 0 Å². The van der Waals surface area contributed by atoms with Crippen molar-refractivity contribution >= 4 is 39.8 Å². The molecule has 0 unspecified atom stereocenters. The summed E-state index contributed by atoms with van der Waals surface area (Å²) in [5, 5.41) is 5.34. The molecule has 0 saturated heterocycles. The van der Waals surface area contributed by atoms with E-state index in [0.29, 0.717) is 27.8 Å². The SMILES string of the molecule is COC(=O)c1cnc(Nc2cc(Cl)ccc2OC)c2ccccc12. The molecule has 2 aromatic carbocycles. The summed E-state index contributed by atoms with van der Waals surface area (Å²) < 4.78 is 10.2. The van der Waals surface area contributed by atoms with Crippen LogP contribution in [-0.4, -0.2) is 25.2 Å². The van der Waals surface area contributed by atoms with Crippen molar-refractivity contribution in [2.75, 3.05) is 19.5 Å². The molecule has 0 aliphatic rings. The summed E-state index contributed by atoms with van der Waals surface area (Å²) in [6, 6.07) is 12.7. The van der Waals surface area contributed by atoms with Crippen LogP contribution in [0.2, 0.25) is 5.02 Å². The number of ether oxygens (including phenoxy) is 2. The highest BCUT2D eigenvalue weighted by Gasteiger charge is 2.14. The van der Waals surface area contributed by atoms with E-state index in [4.69, 9.17) is 21.1 Å². The van der Waals surface area contributed by atoms with Crippen LogP contribution < -0.4 is 10.1 Å². The molecule has 6 heteroatoms. The van der Waals surface area contributed by atoms with Gasteiger partial charge in [0.15, 0.2) is 0 Å². The standard InChI is InChI=1S/C18H15ClN2O3/c1-23-16-8-7-11(19)9-15(16)21-17-13-6-4-3-5-12(13)14(10-20-17)18(22)24-2/h3-10H,1-2H3,(H,20,21). The molecule has 24 heavy (non-hydrogen) atoms. The minimum atomic E-state index is -0.425. The number of methoxy groups -OCH3 is 2. The minimum absolute atomic E-state index is 0.414. The molecular weight excluding hydrogens is 328 g/mol. The third kappa shape index (κ3) is 2.98. The molecule has 0 aliphatic heterocycles. The van der Waals surface area contributed by atoms with Crippen molar-refractivity contribution in [3.63, 3.8) is 0 Å². The third-order valence-corrected chi connectivity index (χ3v) is 3.85. The van der Waals surface area contributed by atoms with Gasteiger partial charge in [0.1, 0.15) is 11.6 Å². The number of rotatable bonds is 4. The van der Waals surface area contributed by atoms with Gasteiger partial charge in [0, 0.05) is 22.0 Å². The number of aromatic nitrogens is 1. The average molecular weight is 343 g/mol. The van der Waals surface area contributed by atoms with Gasteiger partial charge in [0.2, 0.25) is 0 Å². The van der Waals surface area contributed by atoms with Crippen LogP contribution in [0.1, 0.15) is 10.4 Å². The van der Waals surface area contributed by atoms with Crippen LogP contribution in [0.5, 0.6) is 5.75 Å². The molecule has 0 bridgehead atoms. The number of nitrogens with zero attached hydrogens (tertiary/aromatic N) is 1. The summed E-state index contributed by atoms with van der Waals surface area (Å²) in [5.41, 5.74) is 1.10. The van der Waals surface area contributed by atoms with E-state index in [9.17, 15) is 4.79 Å². The number of carbonyl (C=O) groups is 1. The van der Waals surface area contributed by atoms with Crippen molar-refractivity contribution in [2.24, 2.45) is 0 Å². The number of esters is 1. The summed E-state index contributed by atoms with van der Waals surface area (Å²) in [5.74, 6) is 0.812. The largest absolute Gasteiger partial charge is 0.495 e. The fourth-order valence-electron chi connectivity index (χ4n) is 2.47. The Labute approximate surface area is 144 Å². The number of benzene rings is 2. The van der Waals surface area contributed by atoms with Gasteiger partial charge in [-0.3, -0.25) is 0 Å². The lowest BCUT2D eigenvalue weighted by Crippen LogP contribution is -2.05. The lowest BCUT2D eigenvalue weighted by atomic mass is 10.1. The first-order chi connectivity index (χ1) is 11.6. The molecule has 1 heterocycles. The Balaban J connectivity index is 2.12. The zero-order chi connectivity index (χ0) is 17.1. The zero-order valence-corrected chi connectivity index (χ0v) is 13.9. The average Bonchev–Trinajstić information content (AvgIpc) is 2.61. The first kappa shape index (κ1) is 16.1. The Kier molecular flexibility index (Phi) is 4.53. The number of anilines is 2. The molecule has 0 aliphatic carbocycles. The van der Waals surface area contributed by atoms with Gasteiger partial charge in [-0.1, -0.05) is 35.9 Å². The lowest BCUT2D eigenvalue weighted by Gasteiger charge is -2.14. The Morgan fingerprint density at radius 3 is 2.58 bits per heavy atom. The monoisotopic (exact) mass is 342 g/mol. The van der Waals surface area contributed by atoms with E-state index in [1.165, 1.54) is 13.3 Å². The molecule has 3 rings (SSSR count). The van der Waals surface area contributed by atoms with Crippen molar-refractivity contribution in [2.45, 2.75) is 0 Å². The van der Waals surface area contributed by atoms with Crippen LogP contribution in [-0.2, 0) is 4.74 Å². The molecule has 3 aromatic rings. The van der Waals surface area contributed by atoms with Gasteiger partial charge in [-0.25, -0.2) is 9.78 Å². The Hall–Kier alpha value is -2.79. The number of halogens is 1. The van der Waals surface area contributed by atoms with Crippen LogP contribution in [0.4, 0.5) is 11.5 Å². The number of pyridine rings is 1. The number of carbonyl (C=O) groups excluding carboxylic acids is 1. The highest BCUT2D eigenvalue weighted by Crippen LogP contribution is 2.33. The fourth-order valence-corrected chi connectivity index (χ4v) is 2.64. The smallest absolute Gasteiger partial charge is 0.340 e. The van der Waals surface area contributed by atoms with Crippen molar-refractivity contribution in [1.29, 1.82) is 0 Å². The highest BCUT2D eigenvalue weighted by atomic mass is 35.5. The topological polar surface area (TPSA) is 60.5 Å². The van der Waals surface area contributed by atoms with Gasteiger partial charge >= 0.3 is 5.97 Å². The maximum Gasteiger partial charge on any atom is 0.340 e. The van der Waals surface area contributed by atoms with Crippen molar-refractivity contribution in [3.8, 4) is 5.75 Å². The van der Waals surface area contributed by atoms with Crippen molar-refractivity contribution in [3.05, 3.63) is 59.2 Å². The first-order valence-corrected chi connectivity index (χ1v) is 7.58. The van der Waals surface area contributed by atoms with Crippen LogP contribution in [0, 0.1) is 0 Å². The van der Waals surface area contributed by atoms with Crippen molar-refractivity contribution < 1.29 is 14.3 Å².